The zero-order valence-corrected chi connectivity index (χ0v) is 12.9. The number of carbonyl (C=O) groups excluding carboxylic acids is 1. The Morgan fingerprint density at radius 1 is 1.40 bits per heavy atom. The molecule has 0 aliphatic carbocycles. The molecule has 0 bridgehead atoms. The topological polar surface area (TPSA) is 58.6 Å². The Balaban J connectivity index is 2.65. The van der Waals surface area contributed by atoms with Gasteiger partial charge in [-0.05, 0) is 37.5 Å². The van der Waals surface area contributed by atoms with E-state index in [9.17, 15) is 4.79 Å². The summed E-state index contributed by atoms with van der Waals surface area (Å²) in [5.41, 5.74) is 0.705. The van der Waals surface area contributed by atoms with E-state index < -0.39 is 6.10 Å². The average Bonchev–Trinajstić information content (AvgIpc) is 2.46. The predicted molar refractivity (Wildman–Crippen MR) is 80.0 cm³/mol. The summed E-state index contributed by atoms with van der Waals surface area (Å²) in [6.07, 6.45) is 1.16. The van der Waals surface area contributed by atoms with Crippen LogP contribution in [0, 0.1) is 0 Å². The van der Waals surface area contributed by atoms with Gasteiger partial charge in [0.2, 0.25) is 0 Å². The summed E-state index contributed by atoms with van der Waals surface area (Å²) < 4.78 is 5.57. The van der Waals surface area contributed by atoms with Crippen molar-refractivity contribution >= 4 is 17.5 Å². The molecule has 1 rings (SSSR count). The molecule has 2 N–H and O–H groups in total. The number of hydrogen-bond donors (Lipinski definition) is 2. The Morgan fingerprint density at radius 3 is 2.55 bits per heavy atom. The average molecular weight is 300 g/mol. The van der Waals surface area contributed by atoms with Crippen LogP contribution in [0.2, 0.25) is 5.02 Å². The van der Waals surface area contributed by atoms with Gasteiger partial charge in [0.15, 0.2) is 6.10 Å². The van der Waals surface area contributed by atoms with Crippen LogP contribution < -0.4 is 10.1 Å². The number of hydrogen-bond acceptors (Lipinski definition) is 3. The molecule has 0 aliphatic rings. The molecule has 1 aromatic carbocycles. The summed E-state index contributed by atoms with van der Waals surface area (Å²) in [5, 5.41) is 12.3. The number of ether oxygens (including phenoxy) is 1. The number of aliphatic hydroxyl groups is 1. The number of aliphatic hydroxyl groups excluding tert-OH is 1. The minimum Gasteiger partial charge on any atom is -0.479 e. The third-order valence-corrected chi connectivity index (χ3v) is 3.48. The highest BCUT2D eigenvalue weighted by atomic mass is 35.5. The first-order chi connectivity index (χ1) is 9.51. The van der Waals surface area contributed by atoms with E-state index in [-0.39, 0.29) is 18.6 Å². The number of amides is 1. The van der Waals surface area contributed by atoms with E-state index in [1.165, 1.54) is 0 Å². The molecule has 0 aromatic heterocycles. The predicted octanol–water partition coefficient (Wildman–Crippen LogP) is 2.90. The molecule has 0 fully saturated rings. The zero-order chi connectivity index (χ0) is 15.1. The smallest absolute Gasteiger partial charge is 0.260 e. The second-order valence-corrected chi connectivity index (χ2v) is 5.11. The number of halogens is 1. The van der Waals surface area contributed by atoms with Crippen molar-refractivity contribution in [3.05, 3.63) is 28.8 Å². The number of rotatable bonds is 7. The fourth-order valence-electron chi connectivity index (χ4n) is 1.79. The van der Waals surface area contributed by atoms with Gasteiger partial charge in [-0.3, -0.25) is 4.79 Å². The van der Waals surface area contributed by atoms with Crippen molar-refractivity contribution in [3.8, 4) is 5.75 Å². The maximum atomic E-state index is 12.0. The molecule has 0 spiro atoms. The van der Waals surface area contributed by atoms with E-state index in [1.54, 1.807) is 25.1 Å². The van der Waals surface area contributed by atoms with Gasteiger partial charge >= 0.3 is 0 Å². The Hall–Kier alpha value is -1.26. The van der Waals surface area contributed by atoms with Crippen LogP contribution in [-0.4, -0.2) is 23.2 Å². The van der Waals surface area contributed by atoms with Crippen molar-refractivity contribution in [2.24, 2.45) is 0 Å². The molecule has 4 nitrogen and oxygen atoms in total. The molecule has 5 heteroatoms. The lowest BCUT2D eigenvalue weighted by molar-refractivity contribution is -0.128. The first kappa shape index (κ1) is 16.8. The second-order valence-electron chi connectivity index (χ2n) is 4.70. The van der Waals surface area contributed by atoms with Crippen molar-refractivity contribution in [1.29, 1.82) is 0 Å². The van der Waals surface area contributed by atoms with Gasteiger partial charge in [0.25, 0.3) is 5.91 Å². The summed E-state index contributed by atoms with van der Waals surface area (Å²) in [6, 6.07) is 5.17. The summed E-state index contributed by atoms with van der Waals surface area (Å²) in [5.74, 6) is 0.289. The van der Waals surface area contributed by atoms with Crippen molar-refractivity contribution in [1.82, 2.24) is 5.32 Å². The standard InChI is InChI=1S/C15H22ClNO3/c1-4-12(5-2)17-15(19)10(3)20-14-7-6-11(9-18)8-13(14)16/h6-8,10,12,18H,4-5,9H2,1-3H3,(H,17,19). The highest BCUT2D eigenvalue weighted by molar-refractivity contribution is 6.32. The van der Waals surface area contributed by atoms with E-state index in [4.69, 9.17) is 21.4 Å². The monoisotopic (exact) mass is 299 g/mol. The summed E-state index contributed by atoms with van der Waals surface area (Å²) >= 11 is 6.05. The SMILES string of the molecule is CCC(CC)NC(=O)C(C)Oc1ccc(CO)cc1Cl. The molecule has 1 aromatic rings. The Labute approximate surface area is 125 Å². The van der Waals surface area contributed by atoms with Crippen molar-refractivity contribution in [2.75, 3.05) is 0 Å². The molecule has 1 unspecified atom stereocenters. The molecule has 112 valence electrons. The van der Waals surface area contributed by atoms with Crippen molar-refractivity contribution in [2.45, 2.75) is 52.4 Å². The van der Waals surface area contributed by atoms with Crippen LogP contribution in [0.5, 0.6) is 5.75 Å². The van der Waals surface area contributed by atoms with E-state index in [1.807, 2.05) is 13.8 Å². The molecule has 0 radical (unpaired) electrons. The Morgan fingerprint density at radius 2 is 2.05 bits per heavy atom. The molecule has 0 saturated heterocycles. The van der Waals surface area contributed by atoms with E-state index in [0.29, 0.717) is 16.3 Å². The van der Waals surface area contributed by atoms with E-state index in [0.717, 1.165) is 12.8 Å². The van der Waals surface area contributed by atoms with Crippen LogP contribution in [0.4, 0.5) is 0 Å². The van der Waals surface area contributed by atoms with Gasteiger partial charge in [0.05, 0.1) is 11.6 Å². The second kappa shape index (κ2) is 8.12. The van der Waals surface area contributed by atoms with Crippen LogP contribution >= 0.6 is 11.6 Å². The number of carbonyl (C=O) groups is 1. The number of nitrogens with one attached hydrogen (secondary N) is 1. The fourth-order valence-corrected chi connectivity index (χ4v) is 2.04. The van der Waals surface area contributed by atoms with Gasteiger partial charge < -0.3 is 15.2 Å². The third-order valence-electron chi connectivity index (χ3n) is 3.18. The molecular weight excluding hydrogens is 278 g/mol. The maximum Gasteiger partial charge on any atom is 0.260 e. The summed E-state index contributed by atoms with van der Waals surface area (Å²) in [6.45, 7) is 5.67. The highest BCUT2D eigenvalue weighted by Gasteiger charge is 2.18. The Kier molecular flexibility index (Phi) is 6.82. The number of benzene rings is 1. The van der Waals surface area contributed by atoms with Crippen molar-refractivity contribution in [3.63, 3.8) is 0 Å². The highest BCUT2D eigenvalue weighted by Crippen LogP contribution is 2.26. The van der Waals surface area contributed by atoms with Crippen LogP contribution in [0.15, 0.2) is 18.2 Å². The molecule has 0 aliphatic heterocycles. The third kappa shape index (κ3) is 4.69. The van der Waals surface area contributed by atoms with Gasteiger partial charge in [-0.15, -0.1) is 0 Å². The van der Waals surface area contributed by atoms with Crippen LogP contribution in [-0.2, 0) is 11.4 Å². The first-order valence-corrected chi connectivity index (χ1v) is 7.25. The van der Waals surface area contributed by atoms with Crippen LogP contribution in [0.1, 0.15) is 39.2 Å². The minimum atomic E-state index is -0.618. The van der Waals surface area contributed by atoms with Gasteiger partial charge in [0, 0.05) is 6.04 Å². The minimum absolute atomic E-state index is 0.0787. The lowest BCUT2D eigenvalue weighted by Crippen LogP contribution is -2.42. The van der Waals surface area contributed by atoms with E-state index >= 15 is 0 Å². The molecule has 20 heavy (non-hydrogen) atoms. The lowest BCUT2D eigenvalue weighted by Gasteiger charge is -2.20. The van der Waals surface area contributed by atoms with Crippen LogP contribution in [0.25, 0.3) is 0 Å². The fraction of sp³-hybridized carbons (Fsp3) is 0.533. The molecule has 1 atom stereocenters. The Bertz CT molecular complexity index is 447. The van der Waals surface area contributed by atoms with Gasteiger partial charge in [0.1, 0.15) is 5.75 Å². The quantitative estimate of drug-likeness (QED) is 0.814. The van der Waals surface area contributed by atoms with Gasteiger partial charge in [-0.25, -0.2) is 0 Å². The molecule has 1 amide bonds. The largest absolute Gasteiger partial charge is 0.479 e. The van der Waals surface area contributed by atoms with Crippen LogP contribution in [0.3, 0.4) is 0 Å². The summed E-state index contributed by atoms with van der Waals surface area (Å²) in [7, 11) is 0. The van der Waals surface area contributed by atoms with Gasteiger partial charge in [-0.2, -0.15) is 0 Å². The first-order valence-electron chi connectivity index (χ1n) is 6.88. The molecular formula is C15H22ClNO3. The summed E-state index contributed by atoms with van der Waals surface area (Å²) in [4.78, 5) is 12.0. The molecule has 0 heterocycles. The lowest BCUT2D eigenvalue weighted by atomic mass is 10.1. The van der Waals surface area contributed by atoms with Gasteiger partial charge in [-0.1, -0.05) is 31.5 Å². The normalized spacial score (nSPS) is 12.3. The van der Waals surface area contributed by atoms with Crippen molar-refractivity contribution < 1.29 is 14.6 Å². The zero-order valence-electron chi connectivity index (χ0n) is 12.1. The van der Waals surface area contributed by atoms with E-state index in [2.05, 4.69) is 5.32 Å². The maximum absolute atomic E-state index is 12.0. The molecule has 0 saturated carbocycles.